The van der Waals surface area contributed by atoms with Crippen LogP contribution in [-0.4, -0.2) is 26.0 Å². The number of carbonyl (C=O) groups excluding carboxylic acids is 1. The number of nitrogen functional groups attached to an aromatic ring is 1. The van der Waals surface area contributed by atoms with Crippen LogP contribution in [0.15, 0.2) is 18.2 Å². The van der Waals surface area contributed by atoms with E-state index in [1.54, 1.807) is 24.1 Å². The largest absolute Gasteiger partial charge is 0.395 e. The molecule has 1 rings (SSSR count). The van der Waals surface area contributed by atoms with Gasteiger partial charge in [0.25, 0.3) is 0 Å². The van der Waals surface area contributed by atoms with Crippen molar-refractivity contribution in [2.45, 2.75) is 6.92 Å². The number of rotatable bonds is 4. The summed E-state index contributed by atoms with van der Waals surface area (Å²) in [6.07, 6.45) is 0. The zero-order valence-corrected chi connectivity index (χ0v) is 9.46. The number of para-hydroxylation sites is 1. The van der Waals surface area contributed by atoms with E-state index < -0.39 is 5.82 Å². The van der Waals surface area contributed by atoms with Gasteiger partial charge in [0.1, 0.15) is 5.82 Å². The molecule has 0 bridgehead atoms. The minimum Gasteiger partial charge on any atom is -0.395 e. The lowest BCUT2D eigenvalue weighted by atomic mass is 10.2. The third-order valence-electron chi connectivity index (χ3n) is 2.37. The average Bonchev–Trinajstić information content (AvgIpc) is 2.29. The Morgan fingerprint density at radius 1 is 1.56 bits per heavy atom. The van der Waals surface area contributed by atoms with E-state index in [4.69, 9.17) is 5.73 Å². The summed E-state index contributed by atoms with van der Waals surface area (Å²) in [7, 11) is 1.56. The number of benzene rings is 1. The van der Waals surface area contributed by atoms with Crippen LogP contribution in [0.2, 0.25) is 0 Å². The van der Waals surface area contributed by atoms with Crippen LogP contribution in [0.5, 0.6) is 0 Å². The topological polar surface area (TPSA) is 58.4 Å². The molecule has 0 atom stereocenters. The van der Waals surface area contributed by atoms with E-state index in [2.05, 4.69) is 5.32 Å². The Morgan fingerprint density at radius 3 is 2.81 bits per heavy atom. The molecule has 1 aromatic rings. The summed E-state index contributed by atoms with van der Waals surface area (Å²) < 4.78 is 13.2. The van der Waals surface area contributed by atoms with E-state index in [0.717, 1.165) is 0 Å². The second-order valence-corrected chi connectivity index (χ2v) is 3.36. The maximum atomic E-state index is 13.2. The van der Waals surface area contributed by atoms with Crippen molar-refractivity contribution in [1.82, 2.24) is 5.32 Å². The maximum absolute atomic E-state index is 13.2. The van der Waals surface area contributed by atoms with E-state index in [9.17, 15) is 9.18 Å². The molecule has 0 fully saturated rings. The number of halogens is 1. The molecule has 0 aliphatic carbocycles. The summed E-state index contributed by atoms with van der Waals surface area (Å²) in [4.78, 5) is 13.0. The van der Waals surface area contributed by atoms with E-state index >= 15 is 0 Å². The highest BCUT2D eigenvalue weighted by molar-refractivity contribution is 5.82. The first kappa shape index (κ1) is 12.3. The Labute approximate surface area is 94.2 Å². The normalized spacial score (nSPS) is 9.94. The highest BCUT2D eigenvalue weighted by atomic mass is 19.1. The number of nitrogens with zero attached hydrogens (tertiary/aromatic N) is 1. The minimum absolute atomic E-state index is 0.0771. The molecule has 0 saturated heterocycles. The molecule has 4 nitrogen and oxygen atoms in total. The lowest BCUT2D eigenvalue weighted by Crippen LogP contribution is -2.36. The molecule has 5 heteroatoms. The first-order valence-electron chi connectivity index (χ1n) is 5.09. The van der Waals surface area contributed by atoms with Gasteiger partial charge in [-0.15, -0.1) is 0 Å². The molecule has 0 spiro atoms. The smallest absolute Gasteiger partial charge is 0.239 e. The molecule has 88 valence electrons. The number of carbonyl (C=O) groups is 1. The Kier molecular flexibility index (Phi) is 4.10. The van der Waals surface area contributed by atoms with Crippen molar-refractivity contribution < 1.29 is 9.18 Å². The Hall–Kier alpha value is -1.78. The molecule has 0 aromatic heterocycles. The van der Waals surface area contributed by atoms with Crippen LogP contribution < -0.4 is 16.0 Å². The zero-order chi connectivity index (χ0) is 12.1. The molecule has 0 aliphatic heterocycles. The van der Waals surface area contributed by atoms with Crippen LogP contribution in [-0.2, 0) is 4.79 Å². The Balaban J connectivity index is 2.95. The van der Waals surface area contributed by atoms with Gasteiger partial charge in [0.15, 0.2) is 0 Å². The SMILES string of the molecule is CCN(CC(=O)NC)c1cccc(F)c1N. The molecule has 0 heterocycles. The highest BCUT2D eigenvalue weighted by Gasteiger charge is 2.13. The number of nitrogens with one attached hydrogen (secondary N) is 1. The van der Waals surface area contributed by atoms with Crippen molar-refractivity contribution in [2.75, 3.05) is 30.8 Å². The molecule has 0 radical (unpaired) electrons. The lowest BCUT2D eigenvalue weighted by molar-refractivity contribution is -0.119. The van der Waals surface area contributed by atoms with Gasteiger partial charge in [0.2, 0.25) is 5.91 Å². The van der Waals surface area contributed by atoms with Gasteiger partial charge in [-0.25, -0.2) is 4.39 Å². The fraction of sp³-hybridized carbons (Fsp3) is 0.364. The molecular formula is C11H16FN3O. The van der Waals surface area contributed by atoms with Crippen LogP contribution >= 0.6 is 0 Å². The zero-order valence-electron chi connectivity index (χ0n) is 9.46. The standard InChI is InChI=1S/C11H16FN3O/c1-3-15(7-10(16)14-2)9-6-4-5-8(12)11(9)13/h4-6H,3,7,13H2,1-2H3,(H,14,16). The molecular weight excluding hydrogens is 209 g/mol. The van der Waals surface area contributed by atoms with Gasteiger partial charge in [-0.3, -0.25) is 4.79 Å². The molecule has 1 aromatic carbocycles. The number of likely N-dealkylation sites (N-methyl/N-ethyl adjacent to an activating group) is 2. The molecule has 0 unspecified atom stereocenters. The van der Waals surface area contributed by atoms with Crippen molar-refractivity contribution in [3.63, 3.8) is 0 Å². The predicted octanol–water partition coefficient (Wildman–Crippen LogP) is 0.980. The van der Waals surface area contributed by atoms with Crippen molar-refractivity contribution in [3.8, 4) is 0 Å². The van der Waals surface area contributed by atoms with Crippen LogP contribution in [0.4, 0.5) is 15.8 Å². The second kappa shape index (κ2) is 5.34. The first-order valence-corrected chi connectivity index (χ1v) is 5.09. The monoisotopic (exact) mass is 225 g/mol. The average molecular weight is 225 g/mol. The van der Waals surface area contributed by atoms with E-state index in [0.29, 0.717) is 12.2 Å². The van der Waals surface area contributed by atoms with Crippen molar-refractivity contribution >= 4 is 17.3 Å². The Morgan fingerprint density at radius 2 is 2.25 bits per heavy atom. The van der Waals surface area contributed by atoms with Gasteiger partial charge >= 0.3 is 0 Å². The van der Waals surface area contributed by atoms with Crippen molar-refractivity contribution in [1.29, 1.82) is 0 Å². The number of anilines is 2. The summed E-state index contributed by atoms with van der Waals surface area (Å²) in [6.45, 7) is 2.63. The van der Waals surface area contributed by atoms with Crippen LogP contribution in [0.3, 0.4) is 0 Å². The molecule has 1 amide bonds. The highest BCUT2D eigenvalue weighted by Crippen LogP contribution is 2.25. The number of hydrogen-bond donors (Lipinski definition) is 2. The fourth-order valence-electron chi connectivity index (χ4n) is 1.42. The van der Waals surface area contributed by atoms with Gasteiger partial charge in [0, 0.05) is 13.6 Å². The van der Waals surface area contributed by atoms with Gasteiger partial charge in [-0.05, 0) is 19.1 Å². The van der Waals surface area contributed by atoms with Crippen LogP contribution in [0.1, 0.15) is 6.92 Å². The molecule has 16 heavy (non-hydrogen) atoms. The summed E-state index contributed by atoms with van der Waals surface area (Å²) in [6, 6.07) is 4.57. The van der Waals surface area contributed by atoms with Gasteiger partial charge < -0.3 is 16.0 Å². The van der Waals surface area contributed by atoms with Gasteiger partial charge in [0.05, 0.1) is 17.9 Å². The third-order valence-corrected chi connectivity index (χ3v) is 2.37. The molecule has 3 N–H and O–H groups in total. The maximum Gasteiger partial charge on any atom is 0.239 e. The third kappa shape index (κ3) is 2.62. The van der Waals surface area contributed by atoms with E-state index in [-0.39, 0.29) is 18.1 Å². The fourth-order valence-corrected chi connectivity index (χ4v) is 1.42. The summed E-state index contributed by atoms with van der Waals surface area (Å²) in [5.74, 6) is -0.599. The first-order chi connectivity index (χ1) is 7.60. The Bertz CT molecular complexity index is 381. The molecule has 0 aliphatic rings. The van der Waals surface area contributed by atoms with Gasteiger partial charge in [-0.1, -0.05) is 6.07 Å². The summed E-state index contributed by atoms with van der Waals surface area (Å²) in [5.41, 5.74) is 6.25. The minimum atomic E-state index is -0.465. The number of nitrogens with two attached hydrogens (primary N) is 1. The lowest BCUT2D eigenvalue weighted by Gasteiger charge is -2.23. The van der Waals surface area contributed by atoms with Crippen molar-refractivity contribution in [2.24, 2.45) is 0 Å². The summed E-state index contributed by atoms with van der Waals surface area (Å²) >= 11 is 0. The van der Waals surface area contributed by atoms with Crippen LogP contribution in [0, 0.1) is 5.82 Å². The van der Waals surface area contributed by atoms with Gasteiger partial charge in [-0.2, -0.15) is 0 Å². The second-order valence-electron chi connectivity index (χ2n) is 3.36. The summed E-state index contributed by atoms with van der Waals surface area (Å²) in [5, 5.41) is 2.52. The quantitative estimate of drug-likeness (QED) is 0.751. The van der Waals surface area contributed by atoms with Crippen LogP contribution in [0.25, 0.3) is 0 Å². The number of hydrogen-bond acceptors (Lipinski definition) is 3. The molecule has 0 saturated carbocycles. The van der Waals surface area contributed by atoms with E-state index in [1.165, 1.54) is 6.07 Å². The predicted molar refractivity (Wildman–Crippen MR) is 62.8 cm³/mol. The number of amides is 1. The van der Waals surface area contributed by atoms with Crippen molar-refractivity contribution in [3.05, 3.63) is 24.0 Å². The van der Waals surface area contributed by atoms with E-state index in [1.807, 2.05) is 6.92 Å².